The lowest BCUT2D eigenvalue weighted by Crippen LogP contribution is -2.55. The molecule has 2 fully saturated rings. The van der Waals surface area contributed by atoms with E-state index in [2.05, 4.69) is 38.8 Å². The summed E-state index contributed by atoms with van der Waals surface area (Å²) in [6.07, 6.45) is 9.12. The van der Waals surface area contributed by atoms with Gasteiger partial charge in [-0.3, -0.25) is 14.6 Å². The Labute approximate surface area is 213 Å². The molecule has 3 heterocycles. The molecule has 0 spiro atoms. The van der Waals surface area contributed by atoms with Crippen molar-refractivity contribution in [3.63, 3.8) is 0 Å². The molecule has 0 unspecified atom stereocenters. The van der Waals surface area contributed by atoms with E-state index in [0.29, 0.717) is 6.54 Å². The number of amides is 2. The van der Waals surface area contributed by atoms with E-state index in [4.69, 9.17) is 0 Å². The molecule has 1 saturated heterocycles. The Morgan fingerprint density at radius 3 is 2.58 bits per heavy atom. The highest BCUT2D eigenvalue weighted by Crippen LogP contribution is 2.37. The number of nitrogens with zero attached hydrogens (tertiary/aromatic N) is 2. The van der Waals surface area contributed by atoms with E-state index in [-0.39, 0.29) is 29.8 Å². The number of aromatic amines is 1. The summed E-state index contributed by atoms with van der Waals surface area (Å²) in [7, 11) is 1.77. The maximum absolute atomic E-state index is 14.0. The fourth-order valence-electron chi connectivity index (χ4n) is 5.86. The number of likely N-dealkylation sites (tertiary alicyclic amines) is 1. The van der Waals surface area contributed by atoms with Gasteiger partial charge < -0.3 is 20.5 Å². The van der Waals surface area contributed by atoms with Crippen molar-refractivity contribution in [1.82, 2.24) is 25.5 Å². The Morgan fingerprint density at radius 1 is 1.06 bits per heavy atom. The van der Waals surface area contributed by atoms with Gasteiger partial charge in [-0.1, -0.05) is 49.6 Å². The van der Waals surface area contributed by atoms with Crippen molar-refractivity contribution in [3.05, 3.63) is 54.4 Å². The predicted octanol–water partition coefficient (Wildman–Crippen LogP) is 4.57. The summed E-state index contributed by atoms with van der Waals surface area (Å²) in [5, 5.41) is 7.23. The van der Waals surface area contributed by atoms with Crippen LogP contribution in [0.25, 0.3) is 22.2 Å². The van der Waals surface area contributed by atoms with E-state index in [1.165, 1.54) is 6.42 Å². The van der Waals surface area contributed by atoms with Gasteiger partial charge in [0.05, 0.1) is 23.3 Å². The standard InChI is InChI=1S/C29H37N5O2/c1-19(30-2)28(35)33-27(21-12-7-4-8-13-21)29(36)34-17-9-14-24(34)23-18-22-15-16-31-25(26(22)32-23)20-10-5-3-6-11-20/h3,5-6,10-11,15-16,18-19,21,24,27,30,32H,4,7-9,12-14,17H2,1-2H3,(H,33,35)/t19-,24-,27-/m0/s1. The van der Waals surface area contributed by atoms with Gasteiger partial charge in [0.15, 0.2) is 0 Å². The molecule has 1 aliphatic carbocycles. The van der Waals surface area contributed by atoms with E-state index in [9.17, 15) is 9.59 Å². The van der Waals surface area contributed by atoms with Gasteiger partial charge in [0.1, 0.15) is 6.04 Å². The lowest BCUT2D eigenvalue weighted by Gasteiger charge is -2.35. The number of H-pyrrole nitrogens is 1. The van der Waals surface area contributed by atoms with Crippen LogP contribution in [-0.4, -0.2) is 52.4 Å². The first kappa shape index (κ1) is 24.5. The van der Waals surface area contributed by atoms with Crippen LogP contribution < -0.4 is 10.6 Å². The molecule has 0 radical (unpaired) electrons. The zero-order valence-electron chi connectivity index (χ0n) is 21.3. The third kappa shape index (κ3) is 4.89. The molecule has 7 heteroatoms. The van der Waals surface area contributed by atoms with Crippen LogP contribution in [0.4, 0.5) is 0 Å². The van der Waals surface area contributed by atoms with Crippen LogP contribution in [0.1, 0.15) is 63.6 Å². The van der Waals surface area contributed by atoms with E-state index in [1.54, 1.807) is 7.05 Å². The highest BCUT2D eigenvalue weighted by atomic mass is 16.2. The number of pyridine rings is 1. The van der Waals surface area contributed by atoms with Crippen molar-refractivity contribution in [2.24, 2.45) is 5.92 Å². The van der Waals surface area contributed by atoms with Gasteiger partial charge in [-0.05, 0) is 57.7 Å². The molecule has 190 valence electrons. The summed E-state index contributed by atoms with van der Waals surface area (Å²) >= 11 is 0. The fourth-order valence-corrected chi connectivity index (χ4v) is 5.86. The van der Waals surface area contributed by atoms with Crippen molar-refractivity contribution in [1.29, 1.82) is 0 Å². The number of aromatic nitrogens is 2. The molecule has 7 nitrogen and oxygen atoms in total. The largest absolute Gasteiger partial charge is 0.355 e. The lowest BCUT2D eigenvalue weighted by molar-refractivity contribution is -0.139. The van der Waals surface area contributed by atoms with E-state index < -0.39 is 6.04 Å². The maximum Gasteiger partial charge on any atom is 0.246 e. The predicted molar refractivity (Wildman–Crippen MR) is 142 cm³/mol. The van der Waals surface area contributed by atoms with Crippen LogP contribution in [0.3, 0.4) is 0 Å². The van der Waals surface area contributed by atoms with Gasteiger partial charge in [-0.2, -0.15) is 0 Å². The monoisotopic (exact) mass is 487 g/mol. The number of hydrogen-bond donors (Lipinski definition) is 3. The number of rotatable bonds is 7. The number of hydrogen-bond acceptors (Lipinski definition) is 4. The van der Waals surface area contributed by atoms with Gasteiger partial charge >= 0.3 is 0 Å². The molecule has 3 N–H and O–H groups in total. The number of nitrogens with one attached hydrogen (secondary N) is 3. The average Bonchev–Trinajstić information content (AvgIpc) is 3.59. The van der Waals surface area contributed by atoms with Gasteiger partial charge in [0.2, 0.25) is 11.8 Å². The molecule has 5 rings (SSSR count). The molecule has 0 bridgehead atoms. The summed E-state index contributed by atoms with van der Waals surface area (Å²) in [6.45, 7) is 2.54. The van der Waals surface area contributed by atoms with Crippen LogP contribution in [0.2, 0.25) is 0 Å². The Kier molecular flexibility index (Phi) is 7.37. The summed E-state index contributed by atoms with van der Waals surface area (Å²) in [6, 6.07) is 13.5. The van der Waals surface area contributed by atoms with Gasteiger partial charge in [0, 0.05) is 29.4 Å². The minimum absolute atomic E-state index is 0.0294. The van der Waals surface area contributed by atoms with Gasteiger partial charge in [-0.25, -0.2) is 0 Å². The normalized spacial score (nSPS) is 20.4. The first-order chi connectivity index (χ1) is 17.6. The Balaban J connectivity index is 1.44. The molecular formula is C29H37N5O2. The number of carbonyl (C=O) groups excluding carboxylic acids is 2. The molecule has 2 amide bonds. The van der Waals surface area contributed by atoms with Crippen LogP contribution in [0, 0.1) is 5.92 Å². The summed E-state index contributed by atoms with van der Waals surface area (Å²) in [5.41, 5.74) is 4.02. The van der Waals surface area contributed by atoms with E-state index in [1.807, 2.05) is 42.3 Å². The van der Waals surface area contributed by atoms with Crippen molar-refractivity contribution < 1.29 is 9.59 Å². The topological polar surface area (TPSA) is 90.1 Å². The van der Waals surface area contributed by atoms with Crippen LogP contribution in [-0.2, 0) is 9.59 Å². The van der Waals surface area contributed by atoms with Crippen molar-refractivity contribution in [2.75, 3.05) is 13.6 Å². The quantitative estimate of drug-likeness (QED) is 0.456. The molecular weight excluding hydrogens is 450 g/mol. The van der Waals surface area contributed by atoms with E-state index in [0.717, 1.165) is 66.4 Å². The van der Waals surface area contributed by atoms with Crippen molar-refractivity contribution in [2.45, 2.75) is 70.0 Å². The zero-order valence-corrected chi connectivity index (χ0v) is 21.3. The number of benzene rings is 1. The Hall–Kier alpha value is -3.19. The van der Waals surface area contributed by atoms with Gasteiger partial charge in [-0.15, -0.1) is 0 Å². The maximum atomic E-state index is 14.0. The summed E-state index contributed by atoms with van der Waals surface area (Å²) < 4.78 is 0. The first-order valence-electron chi connectivity index (χ1n) is 13.4. The van der Waals surface area contributed by atoms with Crippen molar-refractivity contribution in [3.8, 4) is 11.3 Å². The second-order valence-corrected chi connectivity index (χ2v) is 10.3. The van der Waals surface area contributed by atoms with Gasteiger partial charge in [0.25, 0.3) is 0 Å². The van der Waals surface area contributed by atoms with Crippen LogP contribution >= 0.6 is 0 Å². The summed E-state index contributed by atoms with van der Waals surface area (Å²) in [4.78, 5) is 37.2. The number of carbonyl (C=O) groups is 2. The number of fused-ring (bicyclic) bond motifs is 1. The first-order valence-corrected chi connectivity index (χ1v) is 13.4. The molecule has 2 aliphatic rings. The second kappa shape index (κ2) is 10.8. The molecule has 1 aromatic carbocycles. The SMILES string of the molecule is CN[C@@H](C)C(=O)N[C@H](C(=O)N1CCC[C@H]1c1cc2ccnc(-c3ccccc3)c2[nH]1)C1CCCCC1. The molecule has 1 aliphatic heterocycles. The minimum atomic E-state index is -0.472. The Morgan fingerprint density at radius 2 is 1.83 bits per heavy atom. The zero-order chi connectivity index (χ0) is 25.1. The highest BCUT2D eigenvalue weighted by Gasteiger charge is 2.39. The third-order valence-corrected chi connectivity index (χ3v) is 8.02. The molecule has 3 atom stereocenters. The molecule has 3 aromatic rings. The smallest absolute Gasteiger partial charge is 0.246 e. The third-order valence-electron chi connectivity index (χ3n) is 8.02. The van der Waals surface area contributed by atoms with E-state index >= 15 is 0 Å². The average molecular weight is 488 g/mol. The fraction of sp³-hybridized carbons (Fsp3) is 0.483. The molecule has 36 heavy (non-hydrogen) atoms. The molecule has 1 saturated carbocycles. The number of likely N-dealkylation sites (N-methyl/N-ethyl adjacent to an activating group) is 1. The lowest BCUT2D eigenvalue weighted by atomic mass is 9.83. The summed E-state index contributed by atoms with van der Waals surface area (Å²) in [5.74, 6) is 0.139. The Bertz CT molecular complexity index is 1200. The van der Waals surface area contributed by atoms with Crippen molar-refractivity contribution >= 4 is 22.7 Å². The second-order valence-electron chi connectivity index (χ2n) is 10.3. The highest BCUT2D eigenvalue weighted by molar-refractivity contribution is 5.93. The van der Waals surface area contributed by atoms with Crippen LogP contribution in [0.5, 0.6) is 0 Å². The minimum Gasteiger partial charge on any atom is -0.355 e. The van der Waals surface area contributed by atoms with Crippen LogP contribution in [0.15, 0.2) is 48.7 Å². The molecule has 2 aromatic heterocycles.